The molecule has 0 N–H and O–H groups in total. The van der Waals surface area contributed by atoms with Gasteiger partial charge in [0, 0.05) is 6.07 Å². The van der Waals surface area contributed by atoms with Crippen molar-refractivity contribution < 1.29 is 13.9 Å². The molecule has 24 heavy (non-hydrogen) atoms. The van der Waals surface area contributed by atoms with Gasteiger partial charge >= 0.3 is 0 Å². The maximum absolute atomic E-state index is 12.9. The van der Waals surface area contributed by atoms with Crippen LogP contribution in [0.15, 0.2) is 42.5 Å². The molecule has 2 unspecified atom stereocenters. The highest BCUT2D eigenvalue weighted by Gasteiger charge is 2.16. The number of hydrogen-bond donors (Lipinski definition) is 0. The Morgan fingerprint density at radius 1 is 0.917 bits per heavy atom. The molecule has 0 saturated carbocycles. The predicted octanol–water partition coefficient (Wildman–Crippen LogP) is 5.61. The van der Waals surface area contributed by atoms with Crippen molar-refractivity contribution in [1.29, 1.82) is 0 Å². The summed E-state index contributed by atoms with van der Waals surface area (Å²) in [6.07, 6.45) is 3.20. The van der Waals surface area contributed by atoms with Gasteiger partial charge in [-0.15, -0.1) is 0 Å². The van der Waals surface area contributed by atoms with Gasteiger partial charge in [-0.2, -0.15) is 0 Å². The van der Waals surface area contributed by atoms with Crippen molar-refractivity contribution in [2.75, 3.05) is 14.2 Å². The summed E-state index contributed by atoms with van der Waals surface area (Å²) in [7, 11) is 3.35. The smallest absolute Gasteiger partial charge is 0.123 e. The fraction of sp³-hybridized carbons (Fsp3) is 0.429. The second-order valence-corrected chi connectivity index (χ2v) is 6.43. The molecule has 0 aliphatic heterocycles. The highest BCUT2D eigenvalue weighted by atomic mass is 19.1. The van der Waals surface area contributed by atoms with E-state index in [1.54, 1.807) is 14.2 Å². The summed E-state index contributed by atoms with van der Waals surface area (Å²) >= 11 is 0. The van der Waals surface area contributed by atoms with Gasteiger partial charge in [0.25, 0.3) is 0 Å². The largest absolute Gasteiger partial charge is 0.497 e. The van der Waals surface area contributed by atoms with Crippen LogP contribution >= 0.6 is 0 Å². The van der Waals surface area contributed by atoms with Crippen LogP contribution in [0.5, 0.6) is 11.5 Å². The average molecular weight is 330 g/mol. The van der Waals surface area contributed by atoms with Crippen molar-refractivity contribution in [3.05, 3.63) is 59.4 Å². The normalized spacial score (nSPS) is 13.4. The quantitative estimate of drug-likeness (QED) is 0.627. The summed E-state index contributed by atoms with van der Waals surface area (Å²) in [5, 5.41) is 0. The van der Waals surface area contributed by atoms with Crippen molar-refractivity contribution in [1.82, 2.24) is 0 Å². The zero-order chi connectivity index (χ0) is 17.5. The molecule has 0 aliphatic carbocycles. The lowest BCUT2D eigenvalue weighted by Gasteiger charge is -2.21. The Labute approximate surface area is 144 Å². The fourth-order valence-electron chi connectivity index (χ4n) is 2.95. The fourth-order valence-corrected chi connectivity index (χ4v) is 2.95. The van der Waals surface area contributed by atoms with Crippen LogP contribution in [-0.2, 0) is 6.42 Å². The second-order valence-electron chi connectivity index (χ2n) is 6.43. The number of halogens is 1. The van der Waals surface area contributed by atoms with E-state index in [4.69, 9.17) is 9.47 Å². The highest BCUT2D eigenvalue weighted by molar-refractivity contribution is 5.40. The summed E-state index contributed by atoms with van der Waals surface area (Å²) in [5.74, 6) is 2.45. The Kier molecular flexibility index (Phi) is 6.65. The molecule has 2 atom stereocenters. The lowest BCUT2D eigenvalue weighted by molar-refractivity contribution is 0.388. The van der Waals surface area contributed by atoms with Crippen LogP contribution < -0.4 is 9.47 Å². The van der Waals surface area contributed by atoms with Crippen molar-refractivity contribution >= 4 is 0 Å². The lowest BCUT2D eigenvalue weighted by Crippen LogP contribution is -2.07. The van der Waals surface area contributed by atoms with Gasteiger partial charge < -0.3 is 9.47 Å². The van der Waals surface area contributed by atoms with Crippen molar-refractivity contribution in [3.8, 4) is 11.5 Å². The first-order valence-electron chi connectivity index (χ1n) is 8.51. The van der Waals surface area contributed by atoms with E-state index in [9.17, 15) is 4.39 Å². The molecule has 2 nitrogen and oxygen atoms in total. The number of aryl methyl sites for hydroxylation is 1. The van der Waals surface area contributed by atoms with Crippen molar-refractivity contribution in [2.45, 2.75) is 39.0 Å². The van der Waals surface area contributed by atoms with E-state index in [1.807, 2.05) is 18.2 Å². The molecule has 0 heterocycles. The molecule has 0 radical (unpaired) electrons. The molecule has 0 fully saturated rings. The van der Waals surface area contributed by atoms with Gasteiger partial charge in [-0.05, 0) is 66.5 Å². The second kappa shape index (κ2) is 8.72. The molecule has 0 saturated heterocycles. The average Bonchev–Trinajstić information content (AvgIpc) is 2.62. The minimum Gasteiger partial charge on any atom is -0.497 e. The zero-order valence-corrected chi connectivity index (χ0v) is 15.0. The van der Waals surface area contributed by atoms with E-state index in [-0.39, 0.29) is 5.82 Å². The minimum absolute atomic E-state index is 0.173. The van der Waals surface area contributed by atoms with Crippen LogP contribution in [0.2, 0.25) is 0 Å². The Morgan fingerprint density at radius 2 is 1.50 bits per heavy atom. The molecule has 2 rings (SSSR count). The predicted molar refractivity (Wildman–Crippen MR) is 96.5 cm³/mol. The topological polar surface area (TPSA) is 18.5 Å². The van der Waals surface area contributed by atoms with Crippen LogP contribution in [0.4, 0.5) is 4.39 Å². The summed E-state index contributed by atoms with van der Waals surface area (Å²) in [6, 6.07) is 12.9. The maximum Gasteiger partial charge on any atom is 0.123 e. The molecule has 0 spiro atoms. The summed E-state index contributed by atoms with van der Waals surface area (Å²) in [5.41, 5.74) is 2.43. The first kappa shape index (κ1) is 18.3. The Hall–Kier alpha value is -2.03. The molecule has 2 aromatic carbocycles. The van der Waals surface area contributed by atoms with E-state index in [1.165, 1.54) is 23.3 Å². The monoisotopic (exact) mass is 330 g/mol. The summed E-state index contributed by atoms with van der Waals surface area (Å²) in [6.45, 7) is 4.53. The third-order valence-electron chi connectivity index (χ3n) is 4.79. The number of benzene rings is 2. The summed E-state index contributed by atoms with van der Waals surface area (Å²) in [4.78, 5) is 0. The third-order valence-corrected chi connectivity index (χ3v) is 4.79. The van der Waals surface area contributed by atoms with Crippen molar-refractivity contribution in [2.24, 2.45) is 5.92 Å². The van der Waals surface area contributed by atoms with E-state index in [2.05, 4.69) is 26.0 Å². The van der Waals surface area contributed by atoms with Crippen LogP contribution in [0, 0.1) is 11.7 Å². The molecule has 0 aliphatic rings. The Balaban J connectivity index is 1.93. The Bertz CT molecular complexity index is 615. The maximum atomic E-state index is 12.9. The van der Waals surface area contributed by atoms with Gasteiger partial charge in [0.05, 0.1) is 14.2 Å². The molecule has 130 valence electrons. The van der Waals surface area contributed by atoms with Crippen LogP contribution in [-0.4, -0.2) is 14.2 Å². The molecular formula is C21H27FO2. The minimum atomic E-state index is -0.173. The van der Waals surface area contributed by atoms with Gasteiger partial charge in [0.1, 0.15) is 17.3 Å². The van der Waals surface area contributed by atoms with E-state index >= 15 is 0 Å². The highest BCUT2D eigenvalue weighted by Crippen LogP contribution is 2.33. The van der Waals surface area contributed by atoms with E-state index in [0.29, 0.717) is 11.8 Å². The zero-order valence-electron chi connectivity index (χ0n) is 15.0. The SMILES string of the molecule is COc1cc(OC)cc(C(C)C(C)CCCc2ccc(F)cc2)c1. The van der Waals surface area contributed by atoms with Crippen molar-refractivity contribution in [3.63, 3.8) is 0 Å². The molecule has 2 aromatic rings. The number of methoxy groups -OCH3 is 2. The van der Waals surface area contributed by atoms with Gasteiger partial charge in [-0.25, -0.2) is 4.39 Å². The van der Waals surface area contributed by atoms with Gasteiger partial charge in [-0.3, -0.25) is 0 Å². The van der Waals surface area contributed by atoms with E-state index < -0.39 is 0 Å². The molecule has 0 bridgehead atoms. The molecule has 0 aromatic heterocycles. The van der Waals surface area contributed by atoms with Gasteiger partial charge in [-0.1, -0.05) is 26.0 Å². The number of ether oxygens (including phenoxy) is 2. The van der Waals surface area contributed by atoms with Crippen LogP contribution in [0.1, 0.15) is 43.7 Å². The number of rotatable bonds is 8. The summed E-state index contributed by atoms with van der Waals surface area (Å²) < 4.78 is 23.7. The Morgan fingerprint density at radius 3 is 2.04 bits per heavy atom. The first-order chi connectivity index (χ1) is 11.5. The van der Waals surface area contributed by atoms with Gasteiger partial charge in [0.2, 0.25) is 0 Å². The molecule has 0 amide bonds. The third kappa shape index (κ3) is 4.98. The van der Waals surface area contributed by atoms with Crippen LogP contribution in [0.3, 0.4) is 0 Å². The molecular weight excluding hydrogens is 303 g/mol. The van der Waals surface area contributed by atoms with Crippen LogP contribution in [0.25, 0.3) is 0 Å². The van der Waals surface area contributed by atoms with Gasteiger partial charge in [0.15, 0.2) is 0 Å². The first-order valence-corrected chi connectivity index (χ1v) is 8.51. The number of hydrogen-bond acceptors (Lipinski definition) is 2. The van der Waals surface area contributed by atoms with E-state index in [0.717, 1.165) is 30.8 Å². The molecule has 3 heteroatoms. The standard InChI is InChI=1S/C21H27FO2/c1-15(6-5-7-17-8-10-19(22)11-9-17)16(2)18-12-20(23-3)14-21(13-18)24-4/h8-16H,5-7H2,1-4H3. The lowest BCUT2D eigenvalue weighted by atomic mass is 9.85.